The Morgan fingerprint density at radius 2 is 2.09 bits per heavy atom. The number of rotatable bonds is 4. The normalized spacial score (nSPS) is 18.2. The second-order valence-corrected chi connectivity index (χ2v) is 6.36. The summed E-state index contributed by atoms with van der Waals surface area (Å²) in [6.45, 7) is 5.75. The third-order valence-corrected chi connectivity index (χ3v) is 4.52. The van der Waals surface area contributed by atoms with Crippen LogP contribution in [0, 0.1) is 13.8 Å². The zero-order valence-electron chi connectivity index (χ0n) is 13.9. The van der Waals surface area contributed by atoms with Gasteiger partial charge in [0.25, 0.3) is 0 Å². The van der Waals surface area contributed by atoms with Gasteiger partial charge in [-0.05, 0) is 56.9 Å². The number of aryl methyl sites for hydroxylation is 3. The van der Waals surface area contributed by atoms with E-state index in [4.69, 9.17) is 0 Å². The first kappa shape index (κ1) is 15.7. The molecule has 1 saturated heterocycles. The number of hydrogen-bond acceptors (Lipinski definition) is 3. The molecule has 1 fully saturated rings. The fraction of sp³-hybridized carbons (Fsp3) is 0.500. The lowest BCUT2D eigenvalue weighted by molar-refractivity contribution is -0.132. The molecule has 1 atom stereocenters. The van der Waals surface area contributed by atoms with Crippen molar-refractivity contribution in [1.82, 2.24) is 19.7 Å². The Kier molecular flexibility index (Phi) is 4.74. The van der Waals surface area contributed by atoms with Gasteiger partial charge < -0.3 is 4.90 Å². The van der Waals surface area contributed by atoms with Crippen LogP contribution < -0.4 is 0 Å². The molecule has 0 unspecified atom stereocenters. The van der Waals surface area contributed by atoms with E-state index in [2.05, 4.69) is 27.8 Å². The van der Waals surface area contributed by atoms with Crippen molar-refractivity contribution in [2.45, 2.75) is 45.6 Å². The van der Waals surface area contributed by atoms with Crippen LogP contribution in [0.5, 0.6) is 0 Å². The van der Waals surface area contributed by atoms with Gasteiger partial charge in [0, 0.05) is 37.6 Å². The highest BCUT2D eigenvalue weighted by Gasteiger charge is 2.25. The summed E-state index contributed by atoms with van der Waals surface area (Å²) in [6, 6.07) is 6.36. The number of amides is 1. The van der Waals surface area contributed by atoms with E-state index in [1.165, 1.54) is 11.3 Å². The number of likely N-dealkylation sites (tertiary alicyclic amines) is 1. The molecule has 23 heavy (non-hydrogen) atoms. The highest BCUT2D eigenvalue weighted by molar-refractivity contribution is 5.76. The molecular weight excluding hydrogens is 288 g/mol. The molecule has 0 aliphatic carbocycles. The molecule has 0 bridgehead atoms. The van der Waals surface area contributed by atoms with Gasteiger partial charge in [-0.3, -0.25) is 14.5 Å². The Labute approximate surface area is 137 Å². The molecule has 1 aliphatic rings. The predicted octanol–water partition coefficient (Wildman–Crippen LogP) is 2.69. The summed E-state index contributed by atoms with van der Waals surface area (Å²) in [5.74, 6) is 0.244. The van der Waals surface area contributed by atoms with Gasteiger partial charge in [-0.1, -0.05) is 0 Å². The minimum Gasteiger partial charge on any atom is -0.341 e. The maximum atomic E-state index is 12.5. The minimum atomic E-state index is 0.244. The number of carbonyl (C=O) groups excluding carboxylic acids is 1. The molecule has 0 spiro atoms. The van der Waals surface area contributed by atoms with Gasteiger partial charge in [-0.2, -0.15) is 5.10 Å². The summed E-state index contributed by atoms with van der Waals surface area (Å²) in [7, 11) is 0. The Morgan fingerprint density at radius 3 is 2.78 bits per heavy atom. The molecule has 1 amide bonds. The van der Waals surface area contributed by atoms with Crippen LogP contribution in [0.4, 0.5) is 0 Å². The summed E-state index contributed by atoms with van der Waals surface area (Å²) in [6.07, 6.45) is 7.04. The summed E-state index contributed by atoms with van der Waals surface area (Å²) >= 11 is 0. The number of pyridine rings is 1. The molecule has 0 N–H and O–H groups in total. The molecule has 0 radical (unpaired) electrons. The van der Waals surface area contributed by atoms with Gasteiger partial charge >= 0.3 is 0 Å². The lowest BCUT2D eigenvalue weighted by Gasteiger charge is -2.33. The van der Waals surface area contributed by atoms with Crippen molar-refractivity contribution in [2.75, 3.05) is 13.1 Å². The van der Waals surface area contributed by atoms with E-state index in [0.29, 0.717) is 12.5 Å². The standard InChI is InChI=1S/C18H24N4O/c1-14-12-15(2)22(20-14)17-4-3-11-21(13-17)18(23)6-5-16-7-9-19-10-8-16/h7-10,12,17H,3-6,11,13H2,1-2H3/t17-/m0/s1. The molecule has 122 valence electrons. The minimum absolute atomic E-state index is 0.244. The first-order valence-electron chi connectivity index (χ1n) is 8.33. The van der Waals surface area contributed by atoms with Crippen LogP contribution in [-0.4, -0.2) is 38.7 Å². The monoisotopic (exact) mass is 312 g/mol. The van der Waals surface area contributed by atoms with Crippen molar-refractivity contribution in [3.8, 4) is 0 Å². The summed E-state index contributed by atoms with van der Waals surface area (Å²) in [5.41, 5.74) is 3.39. The van der Waals surface area contributed by atoms with Crippen LogP contribution >= 0.6 is 0 Å². The molecule has 2 aromatic heterocycles. The zero-order chi connectivity index (χ0) is 16.2. The number of hydrogen-bond donors (Lipinski definition) is 0. The van der Waals surface area contributed by atoms with Crippen LogP contribution in [0.1, 0.15) is 42.3 Å². The first-order valence-corrected chi connectivity index (χ1v) is 8.33. The molecule has 2 aromatic rings. The maximum Gasteiger partial charge on any atom is 0.222 e. The third-order valence-electron chi connectivity index (χ3n) is 4.52. The van der Waals surface area contributed by atoms with Gasteiger partial charge in [0.05, 0.1) is 11.7 Å². The Balaban J connectivity index is 1.59. The molecule has 0 saturated carbocycles. The number of aromatic nitrogens is 3. The molecule has 3 rings (SSSR count). The largest absolute Gasteiger partial charge is 0.341 e. The highest BCUT2D eigenvalue weighted by atomic mass is 16.2. The van der Waals surface area contributed by atoms with E-state index in [1.807, 2.05) is 24.0 Å². The summed E-state index contributed by atoms with van der Waals surface area (Å²) in [4.78, 5) is 18.5. The molecule has 1 aliphatic heterocycles. The summed E-state index contributed by atoms with van der Waals surface area (Å²) in [5, 5.41) is 4.59. The second kappa shape index (κ2) is 6.94. The zero-order valence-corrected chi connectivity index (χ0v) is 13.9. The van der Waals surface area contributed by atoms with E-state index in [9.17, 15) is 4.79 Å². The smallest absolute Gasteiger partial charge is 0.222 e. The molecule has 5 heteroatoms. The summed E-state index contributed by atoms with van der Waals surface area (Å²) < 4.78 is 2.09. The Bertz CT molecular complexity index is 665. The van der Waals surface area contributed by atoms with Crippen LogP contribution in [0.25, 0.3) is 0 Å². The van der Waals surface area contributed by atoms with Gasteiger partial charge in [-0.25, -0.2) is 0 Å². The lowest BCUT2D eigenvalue weighted by atomic mass is 10.0. The van der Waals surface area contributed by atoms with Crippen molar-refractivity contribution >= 4 is 5.91 Å². The predicted molar refractivity (Wildman–Crippen MR) is 89.1 cm³/mol. The quantitative estimate of drug-likeness (QED) is 0.872. The SMILES string of the molecule is Cc1cc(C)n([C@H]2CCCN(C(=O)CCc3ccncc3)C2)n1. The van der Waals surface area contributed by atoms with E-state index in [-0.39, 0.29) is 5.91 Å². The van der Waals surface area contributed by atoms with Crippen LogP contribution in [0.2, 0.25) is 0 Å². The fourth-order valence-corrected chi connectivity index (χ4v) is 3.36. The van der Waals surface area contributed by atoms with Crippen molar-refractivity contribution < 1.29 is 4.79 Å². The number of piperidine rings is 1. The second-order valence-electron chi connectivity index (χ2n) is 6.36. The van der Waals surface area contributed by atoms with Crippen LogP contribution in [-0.2, 0) is 11.2 Å². The first-order chi connectivity index (χ1) is 11.1. The van der Waals surface area contributed by atoms with E-state index >= 15 is 0 Å². The highest BCUT2D eigenvalue weighted by Crippen LogP contribution is 2.23. The van der Waals surface area contributed by atoms with Gasteiger partial charge in [-0.15, -0.1) is 0 Å². The van der Waals surface area contributed by atoms with Crippen molar-refractivity contribution in [1.29, 1.82) is 0 Å². The van der Waals surface area contributed by atoms with Crippen molar-refractivity contribution in [2.24, 2.45) is 0 Å². The number of nitrogens with zero attached hydrogens (tertiary/aromatic N) is 4. The fourth-order valence-electron chi connectivity index (χ4n) is 3.36. The van der Waals surface area contributed by atoms with Gasteiger partial charge in [0.2, 0.25) is 5.91 Å². The maximum absolute atomic E-state index is 12.5. The van der Waals surface area contributed by atoms with Gasteiger partial charge in [0.1, 0.15) is 0 Å². The molecular formula is C18H24N4O. The topological polar surface area (TPSA) is 51.0 Å². The van der Waals surface area contributed by atoms with E-state index in [1.54, 1.807) is 12.4 Å². The van der Waals surface area contributed by atoms with E-state index in [0.717, 1.165) is 38.0 Å². The Hall–Kier alpha value is -2.17. The van der Waals surface area contributed by atoms with Crippen molar-refractivity contribution in [3.63, 3.8) is 0 Å². The average Bonchev–Trinajstić information content (AvgIpc) is 2.92. The lowest BCUT2D eigenvalue weighted by Crippen LogP contribution is -2.41. The number of carbonyl (C=O) groups is 1. The molecule has 5 nitrogen and oxygen atoms in total. The van der Waals surface area contributed by atoms with Crippen LogP contribution in [0.15, 0.2) is 30.6 Å². The van der Waals surface area contributed by atoms with Crippen molar-refractivity contribution in [3.05, 3.63) is 47.5 Å². The Morgan fingerprint density at radius 1 is 1.30 bits per heavy atom. The average molecular weight is 312 g/mol. The van der Waals surface area contributed by atoms with Gasteiger partial charge in [0.15, 0.2) is 0 Å². The molecule has 0 aromatic carbocycles. The molecule has 3 heterocycles. The van der Waals surface area contributed by atoms with Crippen LogP contribution in [0.3, 0.4) is 0 Å². The third kappa shape index (κ3) is 3.78. The van der Waals surface area contributed by atoms with E-state index < -0.39 is 0 Å².